The number of imidazole rings is 1. The molecule has 2 aliphatic rings. The zero-order chi connectivity index (χ0) is 37.2. The average molecular weight is 751 g/mol. The van der Waals surface area contributed by atoms with Crippen molar-refractivity contribution in [3.05, 3.63) is 48.2 Å². The Labute approximate surface area is 313 Å². The van der Waals surface area contributed by atoms with Gasteiger partial charge in [-0.05, 0) is 70.0 Å². The van der Waals surface area contributed by atoms with Crippen molar-refractivity contribution >= 4 is 40.6 Å². The van der Waals surface area contributed by atoms with Crippen LogP contribution in [-0.2, 0) is 24.5 Å². The smallest absolute Gasteiger partial charge is 0.315 e. The first-order valence-electron chi connectivity index (χ1n) is 18.3. The molecular weight excluding hydrogens is 701 g/mol. The fraction of sp³-hybridized carbons (Fsp3) is 0.541. The summed E-state index contributed by atoms with van der Waals surface area (Å²) in [5.41, 5.74) is 3.24. The first-order valence-corrected chi connectivity index (χ1v) is 19.3. The number of aromatic nitrogens is 4. The molecule has 2 fully saturated rings. The molecule has 0 bridgehead atoms. The van der Waals surface area contributed by atoms with Crippen LogP contribution in [-0.4, -0.2) is 113 Å². The number of benzene rings is 1. The minimum atomic E-state index is -0.274. The number of thioether (sulfide) groups is 1. The molecule has 53 heavy (non-hydrogen) atoms. The van der Waals surface area contributed by atoms with Gasteiger partial charge in [0.2, 0.25) is 5.91 Å². The van der Waals surface area contributed by atoms with Crippen molar-refractivity contribution in [1.29, 1.82) is 0 Å². The Hall–Kier alpha value is -4.38. The molecular formula is C37H50N8O7S. The number of hydrogen-bond donors (Lipinski definition) is 5. The molecule has 2 saturated heterocycles. The van der Waals surface area contributed by atoms with Gasteiger partial charge >= 0.3 is 6.03 Å². The highest BCUT2D eigenvalue weighted by atomic mass is 32.2. The number of ether oxygens (including phenoxy) is 3. The lowest BCUT2D eigenvalue weighted by molar-refractivity contribution is -0.121. The van der Waals surface area contributed by atoms with Crippen LogP contribution in [0.4, 0.5) is 4.79 Å². The number of fused-ring (bicyclic) bond motifs is 2. The predicted octanol–water partition coefficient (Wildman–Crippen LogP) is 4.06. The van der Waals surface area contributed by atoms with E-state index < -0.39 is 0 Å². The van der Waals surface area contributed by atoms with Gasteiger partial charge in [-0.2, -0.15) is 16.9 Å². The van der Waals surface area contributed by atoms with Crippen molar-refractivity contribution in [2.24, 2.45) is 0 Å². The van der Waals surface area contributed by atoms with Crippen molar-refractivity contribution in [2.45, 2.75) is 69.3 Å². The molecule has 0 radical (unpaired) electrons. The molecule has 5 heterocycles. The number of amides is 4. The molecule has 0 spiro atoms. The van der Waals surface area contributed by atoms with Crippen molar-refractivity contribution in [3.63, 3.8) is 0 Å². The molecule has 0 saturated carbocycles. The normalized spacial score (nSPS) is 18.2. The number of H-pyrrole nitrogens is 1. The zero-order valence-corrected chi connectivity index (χ0v) is 31.4. The number of carbonyl (C=O) groups excluding carboxylic acids is 3. The fourth-order valence-electron chi connectivity index (χ4n) is 6.39. The van der Waals surface area contributed by atoms with E-state index in [9.17, 15) is 14.4 Å². The topological polar surface area (TPSA) is 187 Å². The maximum atomic E-state index is 12.8. The van der Waals surface area contributed by atoms with Gasteiger partial charge in [-0.15, -0.1) is 0 Å². The molecule has 15 nitrogen and oxygen atoms in total. The van der Waals surface area contributed by atoms with E-state index in [4.69, 9.17) is 28.7 Å². The molecule has 3 aromatic heterocycles. The third-order valence-corrected chi connectivity index (χ3v) is 10.5. The summed E-state index contributed by atoms with van der Waals surface area (Å²) in [7, 11) is 0. The quantitative estimate of drug-likeness (QED) is 0.0652. The number of urea groups is 1. The van der Waals surface area contributed by atoms with E-state index in [0.717, 1.165) is 47.5 Å². The number of aromatic amines is 1. The van der Waals surface area contributed by atoms with Crippen molar-refractivity contribution < 1.29 is 33.0 Å². The molecule has 6 rings (SSSR count). The van der Waals surface area contributed by atoms with Crippen LogP contribution in [0.2, 0.25) is 0 Å². The largest absolute Gasteiger partial charge is 0.463 e. The molecule has 2 aliphatic heterocycles. The van der Waals surface area contributed by atoms with Crippen LogP contribution in [0.5, 0.6) is 0 Å². The molecule has 5 N–H and O–H groups in total. The van der Waals surface area contributed by atoms with Gasteiger partial charge in [0, 0.05) is 36.1 Å². The first-order chi connectivity index (χ1) is 25.7. The van der Waals surface area contributed by atoms with Gasteiger partial charge in [0.25, 0.3) is 5.91 Å². The predicted molar refractivity (Wildman–Crippen MR) is 202 cm³/mol. The first kappa shape index (κ1) is 38.3. The Bertz CT molecular complexity index is 1820. The van der Waals surface area contributed by atoms with Crippen LogP contribution in [0.1, 0.15) is 56.8 Å². The summed E-state index contributed by atoms with van der Waals surface area (Å²) in [6.45, 7) is 9.49. The molecule has 4 amide bonds. The van der Waals surface area contributed by atoms with Gasteiger partial charge < -0.3 is 44.9 Å². The average Bonchev–Trinajstić information content (AvgIpc) is 3.97. The Balaban J connectivity index is 0.784. The monoisotopic (exact) mass is 750 g/mol. The third kappa shape index (κ3) is 10.4. The lowest BCUT2D eigenvalue weighted by atomic mass is 10.0. The van der Waals surface area contributed by atoms with Crippen LogP contribution in [0.15, 0.2) is 47.1 Å². The number of unbranched alkanes of at least 4 members (excludes halogenated alkanes) is 1. The van der Waals surface area contributed by atoms with Crippen LogP contribution in [0, 0.1) is 0 Å². The van der Waals surface area contributed by atoms with Crippen molar-refractivity contribution in [3.8, 4) is 23.0 Å². The van der Waals surface area contributed by atoms with Crippen LogP contribution in [0.25, 0.3) is 34.0 Å². The summed E-state index contributed by atoms with van der Waals surface area (Å²) in [6.07, 6.45) is 4.93. The van der Waals surface area contributed by atoms with E-state index in [1.165, 1.54) is 0 Å². The summed E-state index contributed by atoms with van der Waals surface area (Å²) in [5, 5.41) is 17.0. The molecule has 16 heteroatoms. The number of nitrogens with zero attached hydrogens (tertiary/aromatic N) is 3. The van der Waals surface area contributed by atoms with Crippen LogP contribution >= 0.6 is 11.8 Å². The van der Waals surface area contributed by atoms with Gasteiger partial charge in [0.05, 0.1) is 74.6 Å². The summed E-state index contributed by atoms with van der Waals surface area (Å²) in [4.78, 5) is 44.4. The lowest BCUT2D eigenvalue weighted by Crippen LogP contribution is -2.36. The summed E-state index contributed by atoms with van der Waals surface area (Å²) >= 11 is 1.90. The summed E-state index contributed by atoms with van der Waals surface area (Å²) in [6, 6.07) is 11.4. The second-order valence-electron chi connectivity index (χ2n) is 14.1. The van der Waals surface area contributed by atoms with E-state index in [2.05, 4.69) is 47.0 Å². The third-order valence-electron chi connectivity index (χ3n) is 9.03. The number of rotatable bonds is 20. The molecule has 286 valence electrons. The standard InChI is InChI=1S/C37H50N8O7S/c1-37(2,3)45-29(30-7-6-14-52-30)22-27(44-45)34-40-25-11-10-24(21-26(25)41-34)35(47)39-13-16-50-18-20-51-19-17-49-15-12-38-32(46)9-5-4-8-31-33-28(23-53-31)42-36(48)43-33/h6-7,10-11,14,21-22,28,31,33H,4-5,8-9,12-13,15-20,23H2,1-3H3,(H,38,46)(H,39,47)(H,40,41)(H2,42,43,48)/t28-,31-,33-/m0/s1. The van der Waals surface area contributed by atoms with Gasteiger partial charge in [-0.25, -0.2) is 9.78 Å². The minimum absolute atomic E-state index is 0.0283. The number of hydrogen-bond acceptors (Lipinski definition) is 10. The van der Waals surface area contributed by atoms with E-state index in [0.29, 0.717) is 81.5 Å². The highest BCUT2D eigenvalue weighted by Crippen LogP contribution is 2.33. The van der Waals surface area contributed by atoms with Crippen LogP contribution < -0.4 is 21.3 Å². The Morgan fingerprint density at radius 2 is 1.74 bits per heavy atom. The Kier molecular flexibility index (Phi) is 13.1. The molecule has 0 aliphatic carbocycles. The van der Waals surface area contributed by atoms with E-state index in [1.54, 1.807) is 18.4 Å². The second-order valence-corrected chi connectivity index (χ2v) is 15.4. The second kappa shape index (κ2) is 18.1. The van der Waals surface area contributed by atoms with Gasteiger partial charge in [-0.3, -0.25) is 14.3 Å². The lowest BCUT2D eigenvalue weighted by Gasteiger charge is -2.21. The zero-order valence-electron chi connectivity index (χ0n) is 30.6. The van der Waals surface area contributed by atoms with E-state index in [-0.39, 0.29) is 35.5 Å². The van der Waals surface area contributed by atoms with E-state index in [1.807, 2.05) is 40.7 Å². The van der Waals surface area contributed by atoms with Crippen LogP contribution in [0.3, 0.4) is 0 Å². The van der Waals surface area contributed by atoms with E-state index >= 15 is 0 Å². The minimum Gasteiger partial charge on any atom is -0.463 e. The SMILES string of the molecule is CC(C)(C)n1nc(-c2nc3ccc(C(=O)NCCOCCOCCOCCNC(=O)CCCC[C@@H]4SC[C@@H]5NC(=O)N[C@@H]54)cc3[nH]2)cc1-c1ccco1. The maximum absolute atomic E-state index is 12.8. The molecule has 4 aromatic rings. The van der Waals surface area contributed by atoms with Gasteiger partial charge in [0.15, 0.2) is 11.6 Å². The number of furan rings is 1. The Morgan fingerprint density at radius 1 is 0.981 bits per heavy atom. The maximum Gasteiger partial charge on any atom is 0.315 e. The summed E-state index contributed by atoms with van der Waals surface area (Å²) < 4.78 is 24.2. The number of nitrogens with one attached hydrogen (secondary N) is 5. The number of carbonyl (C=O) groups is 3. The summed E-state index contributed by atoms with van der Waals surface area (Å²) in [5.74, 6) is 2.11. The Morgan fingerprint density at radius 3 is 2.47 bits per heavy atom. The molecule has 0 unspecified atom stereocenters. The fourth-order valence-corrected chi connectivity index (χ4v) is 7.93. The highest BCUT2D eigenvalue weighted by Gasteiger charge is 2.42. The highest BCUT2D eigenvalue weighted by molar-refractivity contribution is 8.00. The van der Waals surface area contributed by atoms with Gasteiger partial charge in [-0.1, -0.05) is 6.42 Å². The molecule has 1 aromatic carbocycles. The van der Waals surface area contributed by atoms with Crippen molar-refractivity contribution in [1.82, 2.24) is 41.0 Å². The van der Waals surface area contributed by atoms with Gasteiger partial charge in [0.1, 0.15) is 11.4 Å². The van der Waals surface area contributed by atoms with Crippen molar-refractivity contribution in [2.75, 3.05) is 58.5 Å². The molecule has 3 atom stereocenters.